The predicted octanol–water partition coefficient (Wildman–Crippen LogP) is 0.892. The van der Waals surface area contributed by atoms with E-state index in [1.807, 2.05) is 0 Å². The monoisotopic (exact) mass is 264 g/mol. The van der Waals surface area contributed by atoms with E-state index < -0.39 is 0 Å². The Balaban J connectivity index is 2.24. The van der Waals surface area contributed by atoms with Gasteiger partial charge >= 0.3 is 0 Å². The van der Waals surface area contributed by atoms with Crippen LogP contribution in [0.4, 0.5) is 11.9 Å². The highest BCUT2D eigenvalue weighted by atomic mass is 15.3. The summed E-state index contributed by atoms with van der Waals surface area (Å²) in [6, 6.07) is 0.552. The molecule has 6 heteroatoms. The molecule has 0 bridgehead atoms. The highest BCUT2D eigenvalue weighted by Crippen LogP contribution is 2.23. The summed E-state index contributed by atoms with van der Waals surface area (Å²) in [7, 11) is 4.22. The quantitative estimate of drug-likeness (QED) is 0.855. The standard InChI is InChI=1S/C13H24N6/c1-13(2,3)10-15-11(14)17-12(16-10)19-7-6-9(8-19)18(4)5/h9H,6-8H2,1-5H3,(H2,14,15,16,17). The molecule has 0 saturated carbocycles. The molecule has 0 spiro atoms. The fourth-order valence-electron chi connectivity index (χ4n) is 2.20. The highest BCUT2D eigenvalue weighted by Gasteiger charge is 2.27. The average Bonchev–Trinajstić information content (AvgIpc) is 2.76. The molecule has 0 amide bonds. The van der Waals surface area contributed by atoms with Gasteiger partial charge in [0.05, 0.1) is 0 Å². The lowest BCUT2D eigenvalue weighted by Crippen LogP contribution is -2.32. The molecule has 1 aromatic heterocycles. The van der Waals surface area contributed by atoms with Crippen LogP contribution in [0.2, 0.25) is 0 Å². The van der Waals surface area contributed by atoms with Gasteiger partial charge in [-0.2, -0.15) is 15.0 Å². The molecule has 1 atom stereocenters. The Kier molecular flexibility index (Phi) is 3.62. The zero-order valence-corrected chi connectivity index (χ0v) is 12.5. The van der Waals surface area contributed by atoms with E-state index in [4.69, 9.17) is 5.73 Å². The second-order valence-electron chi connectivity index (χ2n) is 6.42. The zero-order valence-electron chi connectivity index (χ0n) is 12.5. The van der Waals surface area contributed by atoms with Gasteiger partial charge in [0.1, 0.15) is 5.82 Å². The summed E-state index contributed by atoms with van der Waals surface area (Å²) in [6.07, 6.45) is 1.13. The maximum absolute atomic E-state index is 5.82. The smallest absolute Gasteiger partial charge is 0.230 e. The molecular weight excluding hydrogens is 240 g/mol. The van der Waals surface area contributed by atoms with Crippen molar-refractivity contribution in [2.45, 2.75) is 38.6 Å². The van der Waals surface area contributed by atoms with Crippen molar-refractivity contribution in [1.82, 2.24) is 19.9 Å². The second-order valence-corrected chi connectivity index (χ2v) is 6.42. The number of nitrogens with two attached hydrogens (primary N) is 1. The van der Waals surface area contributed by atoms with Crippen molar-refractivity contribution in [3.8, 4) is 0 Å². The minimum absolute atomic E-state index is 0.119. The van der Waals surface area contributed by atoms with Gasteiger partial charge in [-0.3, -0.25) is 0 Å². The molecule has 1 fully saturated rings. The molecule has 106 valence electrons. The number of rotatable bonds is 2. The molecule has 2 N–H and O–H groups in total. The van der Waals surface area contributed by atoms with Crippen molar-refractivity contribution >= 4 is 11.9 Å². The van der Waals surface area contributed by atoms with Gasteiger partial charge in [0.2, 0.25) is 11.9 Å². The number of hydrogen-bond donors (Lipinski definition) is 1. The number of nitrogens with zero attached hydrogens (tertiary/aromatic N) is 5. The van der Waals surface area contributed by atoms with Crippen molar-refractivity contribution in [3.05, 3.63) is 5.82 Å². The van der Waals surface area contributed by atoms with Crippen LogP contribution in [0.1, 0.15) is 33.0 Å². The van der Waals surface area contributed by atoms with Crippen LogP contribution in [0.5, 0.6) is 0 Å². The lowest BCUT2D eigenvalue weighted by atomic mass is 9.96. The van der Waals surface area contributed by atoms with Gasteiger partial charge in [0.25, 0.3) is 0 Å². The first-order valence-electron chi connectivity index (χ1n) is 6.71. The van der Waals surface area contributed by atoms with Crippen LogP contribution < -0.4 is 10.6 Å². The summed E-state index contributed by atoms with van der Waals surface area (Å²) in [4.78, 5) is 17.6. The number of likely N-dealkylation sites (N-methyl/N-ethyl adjacent to an activating group) is 1. The molecule has 6 nitrogen and oxygen atoms in total. The third-order valence-electron chi connectivity index (χ3n) is 3.49. The third-order valence-corrected chi connectivity index (χ3v) is 3.49. The van der Waals surface area contributed by atoms with Crippen molar-refractivity contribution in [2.24, 2.45) is 0 Å². The average molecular weight is 264 g/mol. The fraction of sp³-hybridized carbons (Fsp3) is 0.769. The summed E-state index contributed by atoms with van der Waals surface area (Å²) in [5, 5.41) is 0. The summed E-state index contributed by atoms with van der Waals surface area (Å²) >= 11 is 0. The van der Waals surface area contributed by atoms with Crippen molar-refractivity contribution in [1.29, 1.82) is 0 Å². The molecule has 1 aliphatic rings. The van der Waals surface area contributed by atoms with Crippen molar-refractivity contribution in [2.75, 3.05) is 37.8 Å². The molecule has 1 aromatic rings. The predicted molar refractivity (Wildman–Crippen MR) is 77.2 cm³/mol. The molecule has 0 radical (unpaired) electrons. The SMILES string of the molecule is CN(C)C1CCN(c2nc(N)nc(C(C)(C)C)n2)C1. The summed E-state index contributed by atoms with van der Waals surface area (Å²) < 4.78 is 0. The fourth-order valence-corrected chi connectivity index (χ4v) is 2.20. The van der Waals surface area contributed by atoms with E-state index >= 15 is 0 Å². The van der Waals surface area contributed by atoms with Crippen LogP contribution in [0.25, 0.3) is 0 Å². The number of anilines is 2. The Labute approximate surface area is 115 Å². The second kappa shape index (κ2) is 4.92. The van der Waals surface area contributed by atoms with Gasteiger partial charge in [0.15, 0.2) is 0 Å². The van der Waals surface area contributed by atoms with E-state index in [0.717, 1.165) is 25.3 Å². The summed E-state index contributed by atoms with van der Waals surface area (Å²) in [6.45, 7) is 8.16. The zero-order chi connectivity index (χ0) is 14.2. The maximum atomic E-state index is 5.82. The molecule has 0 aliphatic carbocycles. The highest BCUT2D eigenvalue weighted by molar-refractivity contribution is 5.37. The Morgan fingerprint density at radius 3 is 2.42 bits per heavy atom. The molecule has 2 rings (SSSR count). The van der Waals surface area contributed by atoms with Crippen LogP contribution in [0.3, 0.4) is 0 Å². The van der Waals surface area contributed by atoms with Crippen LogP contribution >= 0.6 is 0 Å². The molecule has 19 heavy (non-hydrogen) atoms. The summed E-state index contributed by atoms with van der Waals surface area (Å²) in [5.74, 6) is 1.77. The lowest BCUT2D eigenvalue weighted by Gasteiger charge is -2.22. The summed E-state index contributed by atoms with van der Waals surface area (Å²) in [5.41, 5.74) is 5.70. The van der Waals surface area contributed by atoms with Crippen LogP contribution in [-0.4, -0.2) is 53.1 Å². The van der Waals surface area contributed by atoms with Gasteiger partial charge < -0.3 is 15.5 Å². The largest absolute Gasteiger partial charge is 0.368 e. The van der Waals surface area contributed by atoms with E-state index in [1.165, 1.54) is 0 Å². The molecule has 0 aromatic carbocycles. The maximum Gasteiger partial charge on any atom is 0.230 e. The van der Waals surface area contributed by atoms with Crippen LogP contribution in [0, 0.1) is 0 Å². The molecule has 2 heterocycles. The number of hydrogen-bond acceptors (Lipinski definition) is 6. The number of aromatic nitrogens is 3. The number of nitrogen functional groups attached to an aromatic ring is 1. The van der Waals surface area contributed by atoms with E-state index in [0.29, 0.717) is 17.9 Å². The first kappa shape index (κ1) is 14.0. The van der Waals surface area contributed by atoms with Crippen molar-refractivity contribution < 1.29 is 0 Å². The van der Waals surface area contributed by atoms with Gasteiger partial charge in [-0.05, 0) is 20.5 Å². The van der Waals surface area contributed by atoms with Gasteiger partial charge in [-0.15, -0.1) is 0 Å². The van der Waals surface area contributed by atoms with Gasteiger partial charge in [-0.25, -0.2) is 0 Å². The van der Waals surface area contributed by atoms with Crippen molar-refractivity contribution in [3.63, 3.8) is 0 Å². The van der Waals surface area contributed by atoms with Crippen LogP contribution in [-0.2, 0) is 5.41 Å². The lowest BCUT2D eigenvalue weighted by molar-refractivity contribution is 0.315. The van der Waals surface area contributed by atoms with Gasteiger partial charge in [0, 0.05) is 24.5 Å². The third kappa shape index (κ3) is 3.12. The molecular formula is C13H24N6. The normalized spacial score (nSPS) is 20.3. The van der Waals surface area contributed by atoms with E-state index in [9.17, 15) is 0 Å². The van der Waals surface area contributed by atoms with Gasteiger partial charge in [-0.1, -0.05) is 20.8 Å². The van der Waals surface area contributed by atoms with E-state index in [2.05, 4.69) is 59.6 Å². The first-order valence-corrected chi connectivity index (χ1v) is 6.71. The Bertz CT molecular complexity index is 451. The van der Waals surface area contributed by atoms with E-state index in [-0.39, 0.29) is 5.41 Å². The first-order chi connectivity index (χ1) is 8.77. The minimum atomic E-state index is -0.119. The molecule has 1 aliphatic heterocycles. The Morgan fingerprint density at radius 1 is 1.21 bits per heavy atom. The minimum Gasteiger partial charge on any atom is -0.368 e. The Hall–Kier alpha value is -1.43. The topological polar surface area (TPSA) is 71.2 Å². The molecule has 1 unspecified atom stereocenters. The molecule has 1 saturated heterocycles. The Morgan fingerprint density at radius 2 is 1.89 bits per heavy atom. The van der Waals surface area contributed by atoms with Crippen LogP contribution in [0.15, 0.2) is 0 Å². The van der Waals surface area contributed by atoms with E-state index in [1.54, 1.807) is 0 Å².